The Morgan fingerprint density at radius 2 is 1.67 bits per heavy atom. The summed E-state index contributed by atoms with van der Waals surface area (Å²) in [6.45, 7) is 5.69. The van der Waals surface area contributed by atoms with Gasteiger partial charge in [0.2, 0.25) is 0 Å². The Morgan fingerprint density at radius 1 is 1.00 bits per heavy atom. The van der Waals surface area contributed by atoms with E-state index < -0.39 is 11.9 Å². The Hall–Kier alpha value is -3.31. The van der Waals surface area contributed by atoms with Gasteiger partial charge in [-0.3, -0.25) is 4.79 Å². The van der Waals surface area contributed by atoms with Crippen LogP contribution in [0.5, 0.6) is 17.2 Å². The van der Waals surface area contributed by atoms with E-state index in [2.05, 4.69) is 0 Å². The molecule has 0 aromatic heterocycles. The van der Waals surface area contributed by atoms with Gasteiger partial charge in [-0.25, -0.2) is 0 Å². The number of aromatic hydroxyl groups is 3. The van der Waals surface area contributed by atoms with Crippen LogP contribution in [0.2, 0.25) is 0 Å². The highest BCUT2D eigenvalue weighted by atomic mass is 16.3. The van der Waals surface area contributed by atoms with Gasteiger partial charge in [-0.2, -0.15) is 0 Å². The summed E-state index contributed by atoms with van der Waals surface area (Å²) in [6, 6.07) is 9.13. The number of phenolic OH excluding ortho intramolecular Hbond substituents is 3. The number of rotatable bonds is 8. The van der Waals surface area contributed by atoms with Crippen LogP contribution in [0.3, 0.4) is 0 Å². The fraction of sp³-hybridized carbons (Fsp3) is 0.240. The van der Waals surface area contributed by atoms with Gasteiger partial charge in [-0.1, -0.05) is 41.5 Å². The Balaban J connectivity index is 2.18. The molecule has 158 valence electrons. The van der Waals surface area contributed by atoms with Gasteiger partial charge in [0, 0.05) is 5.56 Å². The zero-order chi connectivity index (χ0) is 22.3. The number of aliphatic hydroxyl groups excluding tert-OH is 1. The minimum Gasteiger partial charge on any atom is -0.508 e. The zero-order valence-electron chi connectivity index (χ0n) is 17.5. The first-order valence-electron chi connectivity index (χ1n) is 9.71. The van der Waals surface area contributed by atoms with E-state index in [0.717, 1.165) is 16.7 Å². The maximum absolute atomic E-state index is 12.5. The van der Waals surface area contributed by atoms with Crippen LogP contribution < -0.4 is 0 Å². The van der Waals surface area contributed by atoms with Crippen LogP contribution in [0.15, 0.2) is 65.8 Å². The maximum Gasteiger partial charge on any atom is 0.189 e. The number of hydrogen-bond acceptors (Lipinski definition) is 5. The van der Waals surface area contributed by atoms with Crippen LogP contribution in [0, 0.1) is 0 Å². The number of allylic oxidation sites excluding steroid dienone is 3. The standard InChI is InChI=1S/C25H28O5/c1-16(2)14-20(27)15-17(3)4-10-21-24(29)13-11-22(25(21)30)23(28)12-7-18-5-8-19(26)9-6-18/h4-9,11-14,20,26-27,29-30H,10,15H2,1-3H3/b12-7+,17-4+. The predicted molar refractivity (Wildman–Crippen MR) is 119 cm³/mol. The van der Waals surface area contributed by atoms with Gasteiger partial charge in [-0.15, -0.1) is 0 Å². The molecule has 2 aromatic carbocycles. The van der Waals surface area contributed by atoms with E-state index in [1.165, 1.54) is 30.3 Å². The minimum atomic E-state index is -0.591. The lowest BCUT2D eigenvalue weighted by molar-refractivity contribution is 0.104. The predicted octanol–water partition coefficient (Wildman–Crippen LogP) is 4.91. The molecule has 1 unspecified atom stereocenters. The van der Waals surface area contributed by atoms with Gasteiger partial charge >= 0.3 is 0 Å². The molecule has 0 bridgehead atoms. The first-order valence-corrected chi connectivity index (χ1v) is 9.71. The number of aliphatic hydroxyl groups is 1. The van der Waals surface area contributed by atoms with Crippen LogP contribution in [0.4, 0.5) is 0 Å². The summed E-state index contributed by atoms with van der Waals surface area (Å²) in [4.78, 5) is 12.5. The van der Waals surface area contributed by atoms with E-state index in [1.807, 2.05) is 26.8 Å². The Kier molecular flexibility index (Phi) is 8.01. The molecule has 0 aliphatic carbocycles. The molecule has 2 aromatic rings. The topological polar surface area (TPSA) is 98.0 Å². The second-order valence-electron chi connectivity index (χ2n) is 7.52. The van der Waals surface area contributed by atoms with Crippen LogP contribution in [-0.2, 0) is 6.42 Å². The largest absolute Gasteiger partial charge is 0.508 e. The van der Waals surface area contributed by atoms with Crippen molar-refractivity contribution in [2.24, 2.45) is 0 Å². The number of hydrogen-bond donors (Lipinski definition) is 4. The third kappa shape index (κ3) is 6.64. The summed E-state index contributed by atoms with van der Waals surface area (Å²) in [6.07, 6.45) is 6.59. The van der Waals surface area contributed by atoms with E-state index in [-0.39, 0.29) is 34.8 Å². The molecule has 0 fully saturated rings. The lowest BCUT2D eigenvalue weighted by Crippen LogP contribution is -2.03. The number of carbonyl (C=O) groups excluding carboxylic acids is 1. The molecule has 5 heteroatoms. The highest BCUT2D eigenvalue weighted by Gasteiger charge is 2.15. The molecular formula is C25H28O5. The first kappa shape index (κ1) is 23.0. The van der Waals surface area contributed by atoms with E-state index in [4.69, 9.17) is 0 Å². The first-order chi connectivity index (χ1) is 14.2. The second kappa shape index (κ2) is 10.5. The lowest BCUT2D eigenvalue weighted by atomic mass is 9.99. The van der Waals surface area contributed by atoms with Crippen molar-refractivity contribution in [3.8, 4) is 17.2 Å². The summed E-state index contributed by atoms with van der Waals surface area (Å²) in [5.74, 6) is -0.623. The van der Waals surface area contributed by atoms with Crippen molar-refractivity contribution in [3.05, 3.63) is 82.5 Å². The molecule has 0 saturated heterocycles. The van der Waals surface area contributed by atoms with Crippen LogP contribution >= 0.6 is 0 Å². The molecule has 0 radical (unpaired) electrons. The number of ketones is 1. The highest BCUT2D eigenvalue weighted by Crippen LogP contribution is 2.32. The molecule has 1 atom stereocenters. The second-order valence-corrected chi connectivity index (χ2v) is 7.52. The molecule has 5 nitrogen and oxygen atoms in total. The summed E-state index contributed by atoms with van der Waals surface area (Å²) >= 11 is 0. The number of carbonyl (C=O) groups is 1. The van der Waals surface area contributed by atoms with Crippen LogP contribution in [0.25, 0.3) is 6.08 Å². The molecule has 0 aliphatic rings. The van der Waals surface area contributed by atoms with Crippen molar-refractivity contribution in [3.63, 3.8) is 0 Å². The van der Waals surface area contributed by atoms with Gasteiger partial charge in [0.25, 0.3) is 0 Å². The van der Waals surface area contributed by atoms with Gasteiger partial charge in [0.05, 0.1) is 11.7 Å². The van der Waals surface area contributed by atoms with Gasteiger partial charge in [0.1, 0.15) is 17.2 Å². The minimum absolute atomic E-state index is 0.0912. The fourth-order valence-electron chi connectivity index (χ4n) is 3.01. The van der Waals surface area contributed by atoms with Crippen molar-refractivity contribution in [1.29, 1.82) is 0 Å². The van der Waals surface area contributed by atoms with E-state index >= 15 is 0 Å². The van der Waals surface area contributed by atoms with Crippen molar-refractivity contribution in [2.75, 3.05) is 0 Å². The van der Waals surface area contributed by atoms with Gasteiger partial charge < -0.3 is 20.4 Å². The highest BCUT2D eigenvalue weighted by molar-refractivity contribution is 6.09. The molecule has 0 saturated carbocycles. The average molecular weight is 408 g/mol. The van der Waals surface area contributed by atoms with Gasteiger partial charge in [0.15, 0.2) is 5.78 Å². The summed E-state index contributed by atoms with van der Waals surface area (Å²) < 4.78 is 0. The Labute approximate surface area is 177 Å². The molecule has 0 heterocycles. The van der Waals surface area contributed by atoms with Crippen LogP contribution in [0.1, 0.15) is 48.7 Å². The third-order valence-electron chi connectivity index (χ3n) is 4.56. The van der Waals surface area contributed by atoms with Gasteiger partial charge in [-0.05, 0) is 69.5 Å². The van der Waals surface area contributed by atoms with Crippen molar-refractivity contribution < 1.29 is 25.2 Å². The van der Waals surface area contributed by atoms with Crippen LogP contribution in [-0.4, -0.2) is 32.3 Å². The molecule has 0 aliphatic heterocycles. The SMILES string of the molecule is CC(C)=CC(O)C/C(C)=C/Cc1c(O)ccc(C(=O)/C=C/c2ccc(O)cc2)c1O. The normalized spacial score (nSPS) is 12.7. The Bertz CT molecular complexity index is 977. The van der Waals surface area contributed by atoms with Crippen molar-refractivity contribution in [1.82, 2.24) is 0 Å². The Morgan fingerprint density at radius 3 is 2.30 bits per heavy atom. The smallest absolute Gasteiger partial charge is 0.189 e. The van der Waals surface area contributed by atoms with Crippen molar-refractivity contribution in [2.45, 2.75) is 39.7 Å². The monoisotopic (exact) mass is 408 g/mol. The maximum atomic E-state index is 12.5. The molecule has 2 rings (SSSR count). The number of benzene rings is 2. The summed E-state index contributed by atoms with van der Waals surface area (Å²) in [5, 5.41) is 40.0. The number of phenols is 3. The third-order valence-corrected chi connectivity index (χ3v) is 4.56. The quantitative estimate of drug-likeness (QED) is 0.283. The van der Waals surface area contributed by atoms with E-state index in [1.54, 1.807) is 24.3 Å². The molecule has 30 heavy (non-hydrogen) atoms. The molecular weight excluding hydrogens is 380 g/mol. The zero-order valence-corrected chi connectivity index (χ0v) is 17.5. The molecule has 0 amide bonds. The molecule has 0 spiro atoms. The van der Waals surface area contributed by atoms with E-state index in [0.29, 0.717) is 6.42 Å². The average Bonchev–Trinajstić information content (AvgIpc) is 2.66. The van der Waals surface area contributed by atoms with E-state index in [9.17, 15) is 25.2 Å². The summed E-state index contributed by atoms with van der Waals surface area (Å²) in [5.41, 5.74) is 3.01. The fourth-order valence-corrected chi connectivity index (χ4v) is 3.01. The molecule has 4 N–H and O–H groups in total. The lowest BCUT2D eigenvalue weighted by Gasteiger charge is -2.10. The van der Waals surface area contributed by atoms with Crippen molar-refractivity contribution >= 4 is 11.9 Å². The summed E-state index contributed by atoms with van der Waals surface area (Å²) in [7, 11) is 0.